The number of aryl methyl sites for hydroxylation is 1. The maximum absolute atomic E-state index is 9.87. The molecule has 0 amide bonds. The van der Waals surface area contributed by atoms with Crippen LogP contribution in [0.3, 0.4) is 0 Å². The zero-order chi connectivity index (χ0) is 17.1. The molecule has 23 heavy (non-hydrogen) atoms. The average molecular weight is 331 g/mol. The standard InChI is InChI=1S/C14H21NO8/c1-6-10(18)8(3-16)7(2-15-6)5-22-14-13(21)12(20)11(19)9(4-17)23-14/h2,9,11-14,16-21H,3-5H2,1H3/t9-,11-,12+,13-,14?/m1/s1. The molecule has 1 aliphatic heterocycles. The van der Waals surface area contributed by atoms with Gasteiger partial charge < -0.3 is 40.1 Å². The Hall–Kier alpha value is -1.33. The fraction of sp³-hybridized carbons (Fsp3) is 0.643. The molecule has 0 bridgehead atoms. The second-order valence-corrected chi connectivity index (χ2v) is 5.36. The van der Waals surface area contributed by atoms with Gasteiger partial charge in [0, 0.05) is 17.3 Å². The minimum absolute atomic E-state index is 0.151. The molecule has 1 fully saturated rings. The van der Waals surface area contributed by atoms with E-state index in [2.05, 4.69) is 4.98 Å². The first-order chi connectivity index (χ1) is 10.9. The maximum Gasteiger partial charge on any atom is 0.187 e. The zero-order valence-electron chi connectivity index (χ0n) is 12.5. The molecule has 1 saturated heterocycles. The Bertz CT molecular complexity index is 538. The van der Waals surface area contributed by atoms with Gasteiger partial charge in [-0.2, -0.15) is 0 Å². The third-order valence-electron chi connectivity index (χ3n) is 3.84. The third kappa shape index (κ3) is 3.61. The summed E-state index contributed by atoms with van der Waals surface area (Å²) < 4.78 is 10.6. The number of aromatic hydroxyl groups is 1. The quantitative estimate of drug-likeness (QED) is 0.356. The van der Waals surface area contributed by atoms with Crippen LogP contribution in [-0.2, 0) is 22.7 Å². The Morgan fingerprint density at radius 2 is 1.87 bits per heavy atom. The van der Waals surface area contributed by atoms with E-state index < -0.39 is 43.9 Å². The fourth-order valence-electron chi connectivity index (χ4n) is 2.36. The lowest BCUT2D eigenvalue weighted by Crippen LogP contribution is -2.59. The van der Waals surface area contributed by atoms with Gasteiger partial charge in [0.2, 0.25) is 0 Å². The van der Waals surface area contributed by atoms with Crippen LogP contribution in [0.4, 0.5) is 0 Å². The van der Waals surface area contributed by atoms with Gasteiger partial charge in [-0.3, -0.25) is 4.98 Å². The molecular weight excluding hydrogens is 310 g/mol. The van der Waals surface area contributed by atoms with Crippen LogP contribution in [0.25, 0.3) is 0 Å². The van der Waals surface area contributed by atoms with Crippen LogP contribution in [0, 0.1) is 6.92 Å². The first-order valence-electron chi connectivity index (χ1n) is 7.10. The number of ether oxygens (including phenoxy) is 2. The number of hydrogen-bond acceptors (Lipinski definition) is 9. The van der Waals surface area contributed by atoms with Crippen molar-refractivity contribution in [2.75, 3.05) is 6.61 Å². The van der Waals surface area contributed by atoms with E-state index in [0.29, 0.717) is 11.3 Å². The maximum atomic E-state index is 9.87. The van der Waals surface area contributed by atoms with E-state index in [0.717, 1.165) is 0 Å². The van der Waals surface area contributed by atoms with Crippen molar-refractivity contribution in [1.29, 1.82) is 0 Å². The Balaban J connectivity index is 2.10. The van der Waals surface area contributed by atoms with E-state index >= 15 is 0 Å². The minimum atomic E-state index is -1.53. The summed E-state index contributed by atoms with van der Waals surface area (Å²) in [5.74, 6) is -0.151. The smallest absolute Gasteiger partial charge is 0.187 e. The highest BCUT2D eigenvalue weighted by molar-refractivity contribution is 5.39. The lowest BCUT2D eigenvalue weighted by atomic mass is 9.99. The summed E-state index contributed by atoms with van der Waals surface area (Å²) in [5.41, 5.74) is 0.972. The molecule has 2 heterocycles. The van der Waals surface area contributed by atoms with Crippen LogP contribution in [0.1, 0.15) is 16.8 Å². The van der Waals surface area contributed by atoms with E-state index in [4.69, 9.17) is 14.6 Å². The number of rotatable bonds is 5. The predicted molar refractivity (Wildman–Crippen MR) is 75.1 cm³/mol. The molecule has 1 aliphatic rings. The Labute approximate surface area is 132 Å². The fourth-order valence-corrected chi connectivity index (χ4v) is 2.36. The first-order valence-corrected chi connectivity index (χ1v) is 7.10. The lowest BCUT2D eigenvalue weighted by molar-refractivity contribution is -0.304. The number of aliphatic hydroxyl groups is 5. The average Bonchev–Trinajstić information content (AvgIpc) is 2.55. The molecule has 0 saturated carbocycles. The van der Waals surface area contributed by atoms with Gasteiger partial charge in [0.1, 0.15) is 30.2 Å². The highest BCUT2D eigenvalue weighted by Crippen LogP contribution is 2.26. The molecule has 1 unspecified atom stereocenters. The molecule has 5 atom stereocenters. The van der Waals surface area contributed by atoms with Crippen molar-refractivity contribution < 1.29 is 40.1 Å². The van der Waals surface area contributed by atoms with Gasteiger partial charge in [-0.25, -0.2) is 0 Å². The second kappa shape index (κ2) is 7.49. The monoisotopic (exact) mass is 331 g/mol. The second-order valence-electron chi connectivity index (χ2n) is 5.36. The van der Waals surface area contributed by atoms with Gasteiger partial charge in [0.05, 0.1) is 25.5 Å². The van der Waals surface area contributed by atoms with Crippen LogP contribution in [0.15, 0.2) is 6.20 Å². The lowest BCUT2D eigenvalue weighted by Gasteiger charge is -2.39. The number of pyridine rings is 1. The van der Waals surface area contributed by atoms with Crippen LogP contribution >= 0.6 is 0 Å². The Morgan fingerprint density at radius 1 is 1.17 bits per heavy atom. The number of hydrogen-bond donors (Lipinski definition) is 6. The molecule has 9 heteroatoms. The normalized spacial score (nSPS) is 31.3. The topological polar surface area (TPSA) is 153 Å². The summed E-state index contributed by atoms with van der Waals surface area (Å²) in [6.45, 7) is 0.429. The van der Waals surface area contributed by atoms with Gasteiger partial charge in [-0.1, -0.05) is 0 Å². The van der Waals surface area contributed by atoms with Crippen molar-refractivity contribution in [2.24, 2.45) is 0 Å². The van der Waals surface area contributed by atoms with E-state index in [9.17, 15) is 25.5 Å². The van der Waals surface area contributed by atoms with Crippen LogP contribution in [-0.4, -0.2) is 72.9 Å². The minimum Gasteiger partial charge on any atom is -0.506 e. The van der Waals surface area contributed by atoms with Crippen molar-refractivity contribution >= 4 is 0 Å². The molecule has 0 radical (unpaired) electrons. The predicted octanol–water partition coefficient (Wildman–Crippen LogP) is -2.10. The SMILES string of the molecule is Cc1ncc(COC2O[C@H](CO)[C@@H](O)[C@H](O)[C@H]2O)c(CO)c1O. The highest BCUT2D eigenvalue weighted by Gasteiger charge is 2.44. The molecule has 1 aromatic rings. The Kier molecular flexibility index (Phi) is 5.87. The van der Waals surface area contributed by atoms with Gasteiger partial charge >= 0.3 is 0 Å². The summed E-state index contributed by atoms with van der Waals surface area (Å²) in [6, 6.07) is 0. The van der Waals surface area contributed by atoms with E-state index in [1.54, 1.807) is 6.92 Å². The zero-order valence-corrected chi connectivity index (χ0v) is 12.5. The van der Waals surface area contributed by atoms with Crippen molar-refractivity contribution in [1.82, 2.24) is 4.98 Å². The summed E-state index contributed by atoms with van der Waals surface area (Å²) in [5, 5.41) is 57.5. The van der Waals surface area contributed by atoms with Crippen molar-refractivity contribution in [3.63, 3.8) is 0 Å². The van der Waals surface area contributed by atoms with Crippen LogP contribution in [0.2, 0.25) is 0 Å². The summed E-state index contributed by atoms with van der Waals surface area (Å²) in [6.07, 6.45) is -5.47. The first kappa shape index (κ1) is 18.0. The number of aromatic nitrogens is 1. The number of nitrogens with zero attached hydrogens (tertiary/aromatic N) is 1. The molecule has 0 spiro atoms. The Morgan fingerprint density at radius 3 is 2.48 bits per heavy atom. The highest BCUT2D eigenvalue weighted by atomic mass is 16.7. The van der Waals surface area contributed by atoms with Gasteiger partial charge in [-0.05, 0) is 6.92 Å². The van der Waals surface area contributed by atoms with Crippen LogP contribution in [0.5, 0.6) is 5.75 Å². The molecular formula is C14H21NO8. The van der Waals surface area contributed by atoms with Crippen molar-refractivity contribution in [2.45, 2.75) is 50.8 Å². The van der Waals surface area contributed by atoms with Gasteiger partial charge in [0.15, 0.2) is 6.29 Å². The number of aliphatic hydroxyl groups excluding tert-OH is 5. The summed E-state index contributed by atoms with van der Waals surface area (Å²) in [7, 11) is 0. The van der Waals surface area contributed by atoms with E-state index in [1.165, 1.54) is 6.20 Å². The molecule has 130 valence electrons. The van der Waals surface area contributed by atoms with E-state index in [-0.39, 0.29) is 17.9 Å². The molecule has 0 aliphatic carbocycles. The largest absolute Gasteiger partial charge is 0.506 e. The summed E-state index contributed by atoms with van der Waals surface area (Å²) in [4.78, 5) is 3.95. The van der Waals surface area contributed by atoms with E-state index in [1.807, 2.05) is 0 Å². The van der Waals surface area contributed by atoms with Crippen molar-refractivity contribution in [3.05, 3.63) is 23.0 Å². The molecule has 0 aromatic carbocycles. The molecule has 9 nitrogen and oxygen atoms in total. The molecule has 2 rings (SSSR count). The van der Waals surface area contributed by atoms with Crippen molar-refractivity contribution in [3.8, 4) is 5.75 Å². The van der Waals surface area contributed by atoms with Gasteiger partial charge in [-0.15, -0.1) is 0 Å². The van der Waals surface area contributed by atoms with Crippen LogP contribution < -0.4 is 0 Å². The van der Waals surface area contributed by atoms with Gasteiger partial charge in [0.25, 0.3) is 0 Å². The summed E-state index contributed by atoms with van der Waals surface area (Å²) >= 11 is 0. The third-order valence-corrected chi connectivity index (χ3v) is 3.84. The molecule has 1 aromatic heterocycles. The molecule has 6 N–H and O–H groups in total.